The minimum Gasteiger partial charge on any atom is -0.506 e. The zero-order valence-electron chi connectivity index (χ0n) is 28.1. The molecule has 0 radical (unpaired) electrons. The normalized spacial score (nSPS) is 17.5. The molecule has 3 heterocycles. The van der Waals surface area contributed by atoms with Crippen LogP contribution in [0.1, 0.15) is 79.2 Å². The Morgan fingerprint density at radius 2 is 1.67 bits per heavy atom. The van der Waals surface area contributed by atoms with Crippen molar-refractivity contribution in [1.82, 2.24) is 15.2 Å². The number of hydrogen-bond acceptors (Lipinski definition) is 11. The summed E-state index contributed by atoms with van der Waals surface area (Å²) in [5, 5.41) is 39.9. The van der Waals surface area contributed by atoms with E-state index < -0.39 is 17.7 Å². The predicted octanol–water partition coefficient (Wildman–Crippen LogP) is 5.67. The number of hydrogen-bond donors (Lipinski definition) is 5. The van der Waals surface area contributed by atoms with Gasteiger partial charge in [0.15, 0.2) is 0 Å². The standard InChI is InChI=1S/C37H49N3O7S2/c1-40(26-11-13-27(14-12-26)47-36(44)37(45,32-9-6-23-48-32)33-10-7-24-49-33)20-8-22-46-21-5-3-2-4-19-38-25-31(42)28-15-17-30(41)35-29(28)16-18-34(43)39-35/h6-7,9-10,15-18,23-24,26-27,31,38,41-42,45H,2-5,8,11-14,19-22,25H2,1H3,(H,39,43)/t26?,27?,31-/m1/s1. The molecule has 10 nitrogen and oxygen atoms in total. The minimum atomic E-state index is -1.75. The first-order valence-corrected chi connectivity index (χ1v) is 19.1. The minimum absolute atomic E-state index is 0.0136. The number of phenolic OH excluding ortho intramolecular Hbond substituents is 1. The number of unbranched alkanes of at least 4 members (excludes halogenated alkanes) is 3. The Bertz CT molecular complexity index is 1600. The molecule has 5 rings (SSSR count). The number of nitrogens with zero attached hydrogens (tertiary/aromatic N) is 1. The maximum atomic E-state index is 13.3. The van der Waals surface area contributed by atoms with E-state index in [4.69, 9.17) is 9.47 Å². The molecule has 4 aromatic rings. The molecule has 1 fully saturated rings. The van der Waals surface area contributed by atoms with Gasteiger partial charge in [-0.2, -0.15) is 0 Å². The molecule has 0 aliphatic heterocycles. The van der Waals surface area contributed by atoms with Crippen LogP contribution in [0.2, 0.25) is 0 Å². The van der Waals surface area contributed by atoms with Crippen molar-refractivity contribution in [2.75, 3.05) is 39.9 Å². The maximum absolute atomic E-state index is 13.3. The van der Waals surface area contributed by atoms with Gasteiger partial charge in [0.2, 0.25) is 11.2 Å². The second kappa shape index (κ2) is 18.2. The molecule has 0 bridgehead atoms. The summed E-state index contributed by atoms with van der Waals surface area (Å²) in [6.07, 6.45) is 7.72. The van der Waals surface area contributed by atoms with Gasteiger partial charge in [-0.15, -0.1) is 22.7 Å². The number of phenols is 1. The van der Waals surface area contributed by atoms with Crippen molar-refractivity contribution >= 4 is 39.5 Å². The number of aliphatic hydroxyl groups excluding tert-OH is 1. The third-order valence-electron chi connectivity index (χ3n) is 9.39. The topological polar surface area (TPSA) is 144 Å². The Kier molecular flexibility index (Phi) is 13.8. The summed E-state index contributed by atoms with van der Waals surface area (Å²) in [5.41, 5.74) is -1.04. The molecule has 0 unspecified atom stereocenters. The van der Waals surface area contributed by atoms with Gasteiger partial charge in [-0.3, -0.25) is 4.79 Å². The summed E-state index contributed by atoms with van der Waals surface area (Å²) in [6.45, 7) is 3.64. The molecule has 266 valence electrons. The van der Waals surface area contributed by atoms with Gasteiger partial charge in [-0.05, 0) is 99.1 Å². The zero-order chi connectivity index (χ0) is 34.6. The van der Waals surface area contributed by atoms with Gasteiger partial charge in [0.05, 0.1) is 21.4 Å². The summed E-state index contributed by atoms with van der Waals surface area (Å²) in [4.78, 5) is 31.1. The average molecular weight is 712 g/mol. The van der Waals surface area contributed by atoms with E-state index in [1.165, 1.54) is 34.8 Å². The summed E-state index contributed by atoms with van der Waals surface area (Å²) in [5.74, 6) is -0.597. The van der Waals surface area contributed by atoms with Crippen molar-refractivity contribution in [3.8, 4) is 5.75 Å². The van der Waals surface area contributed by atoms with Crippen molar-refractivity contribution in [2.24, 2.45) is 0 Å². The number of rotatable bonds is 19. The Hall–Kier alpha value is -3.10. The van der Waals surface area contributed by atoms with Crippen LogP contribution in [-0.2, 0) is 19.9 Å². The van der Waals surface area contributed by atoms with E-state index in [9.17, 15) is 24.9 Å². The molecule has 1 aliphatic rings. The molecule has 0 amide bonds. The molecule has 5 N–H and O–H groups in total. The SMILES string of the molecule is CN(CCCOCCCCCCNC[C@@H](O)c1ccc(O)c2[nH]c(=O)ccc12)C1CCC(OC(=O)C(O)(c2cccs2)c2cccs2)CC1. The fourth-order valence-electron chi connectivity index (χ4n) is 6.54. The number of carbonyl (C=O) groups is 1. The van der Waals surface area contributed by atoms with Crippen molar-refractivity contribution in [3.05, 3.63) is 85.0 Å². The molecule has 49 heavy (non-hydrogen) atoms. The first kappa shape index (κ1) is 37.2. The number of pyridine rings is 1. The molecule has 0 spiro atoms. The van der Waals surface area contributed by atoms with Gasteiger partial charge in [-0.1, -0.05) is 31.0 Å². The van der Waals surface area contributed by atoms with Crippen LogP contribution in [0.3, 0.4) is 0 Å². The predicted molar refractivity (Wildman–Crippen MR) is 194 cm³/mol. The third kappa shape index (κ3) is 9.78. The number of fused-ring (bicyclic) bond motifs is 1. The first-order chi connectivity index (χ1) is 23.8. The van der Waals surface area contributed by atoms with Gasteiger partial charge in [0.1, 0.15) is 11.9 Å². The first-order valence-electron chi connectivity index (χ1n) is 17.3. The van der Waals surface area contributed by atoms with E-state index in [0.717, 1.165) is 84.1 Å². The Morgan fingerprint density at radius 1 is 0.980 bits per heavy atom. The molecule has 0 saturated heterocycles. The average Bonchev–Trinajstić information content (AvgIpc) is 3.85. The number of benzene rings is 1. The van der Waals surface area contributed by atoms with E-state index in [1.807, 2.05) is 22.9 Å². The van der Waals surface area contributed by atoms with Crippen LogP contribution in [0.15, 0.2) is 64.1 Å². The summed E-state index contributed by atoms with van der Waals surface area (Å²) in [7, 11) is 2.16. The summed E-state index contributed by atoms with van der Waals surface area (Å²) < 4.78 is 11.8. The largest absolute Gasteiger partial charge is 0.506 e. The Labute approximate surface area is 295 Å². The number of carbonyl (C=O) groups excluding carboxylic acids is 1. The highest BCUT2D eigenvalue weighted by Crippen LogP contribution is 2.38. The monoisotopic (exact) mass is 711 g/mol. The van der Waals surface area contributed by atoms with Crippen LogP contribution in [0.25, 0.3) is 10.9 Å². The van der Waals surface area contributed by atoms with Crippen molar-refractivity contribution in [3.63, 3.8) is 0 Å². The number of esters is 1. The fraction of sp³-hybridized carbons (Fsp3) is 0.514. The smallest absolute Gasteiger partial charge is 0.349 e. The van der Waals surface area contributed by atoms with Crippen LogP contribution < -0.4 is 10.9 Å². The van der Waals surface area contributed by atoms with Crippen LogP contribution >= 0.6 is 22.7 Å². The van der Waals surface area contributed by atoms with Gasteiger partial charge >= 0.3 is 5.97 Å². The summed E-state index contributed by atoms with van der Waals surface area (Å²) >= 11 is 2.72. The lowest BCUT2D eigenvalue weighted by atomic mass is 9.91. The molecular weight excluding hydrogens is 663 g/mol. The molecule has 1 saturated carbocycles. The van der Waals surface area contributed by atoms with Gasteiger partial charge in [0.25, 0.3) is 0 Å². The van der Waals surface area contributed by atoms with Crippen molar-refractivity contribution in [1.29, 1.82) is 0 Å². The number of aliphatic hydroxyl groups is 2. The fourth-order valence-corrected chi connectivity index (χ4v) is 8.25. The Balaban J connectivity index is 0.882. The highest BCUT2D eigenvalue weighted by atomic mass is 32.1. The lowest BCUT2D eigenvalue weighted by Gasteiger charge is -2.35. The van der Waals surface area contributed by atoms with Gasteiger partial charge in [0, 0.05) is 43.8 Å². The van der Waals surface area contributed by atoms with E-state index in [-0.39, 0.29) is 17.4 Å². The molecule has 3 aromatic heterocycles. The molecule has 1 aromatic carbocycles. The third-order valence-corrected chi connectivity index (χ3v) is 11.3. The van der Waals surface area contributed by atoms with Crippen LogP contribution in [-0.4, -0.2) is 83.2 Å². The number of thiophene rings is 2. The van der Waals surface area contributed by atoms with Crippen molar-refractivity contribution < 1.29 is 29.6 Å². The molecule has 12 heteroatoms. The zero-order valence-corrected chi connectivity index (χ0v) is 29.8. The van der Waals surface area contributed by atoms with Crippen LogP contribution in [0.5, 0.6) is 5.75 Å². The number of ether oxygens (including phenoxy) is 2. The molecular formula is C37H49N3O7S2. The summed E-state index contributed by atoms with van der Waals surface area (Å²) in [6, 6.07) is 13.9. The van der Waals surface area contributed by atoms with Gasteiger partial charge in [-0.25, -0.2) is 4.79 Å². The number of H-pyrrole nitrogens is 1. The quantitative estimate of drug-likeness (QED) is 0.0614. The van der Waals surface area contributed by atoms with E-state index >= 15 is 0 Å². The highest BCUT2D eigenvalue weighted by molar-refractivity contribution is 7.12. The van der Waals surface area contributed by atoms with Gasteiger partial charge < -0.3 is 40.0 Å². The second-order valence-electron chi connectivity index (χ2n) is 12.9. The maximum Gasteiger partial charge on any atom is 0.349 e. The van der Waals surface area contributed by atoms with E-state index in [1.54, 1.807) is 24.3 Å². The van der Waals surface area contributed by atoms with E-state index in [0.29, 0.717) is 38.8 Å². The number of aromatic amines is 1. The van der Waals surface area contributed by atoms with Crippen LogP contribution in [0.4, 0.5) is 0 Å². The van der Waals surface area contributed by atoms with Crippen LogP contribution in [0, 0.1) is 0 Å². The second-order valence-corrected chi connectivity index (χ2v) is 14.8. The van der Waals surface area contributed by atoms with E-state index in [2.05, 4.69) is 22.2 Å². The number of nitrogens with one attached hydrogen (secondary N) is 2. The Morgan fingerprint density at radius 3 is 2.37 bits per heavy atom. The number of aromatic nitrogens is 1. The van der Waals surface area contributed by atoms with Crippen molar-refractivity contribution in [2.45, 2.75) is 81.6 Å². The lowest BCUT2D eigenvalue weighted by molar-refractivity contribution is -0.169. The molecule has 1 aliphatic carbocycles. The highest BCUT2D eigenvalue weighted by Gasteiger charge is 2.45. The lowest BCUT2D eigenvalue weighted by Crippen LogP contribution is -2.42. The molecule has 1 atom stereocenters. The number of aromatic hydroxyl groups is 1.